The lowest BCUT2D eigenvalue weighted by Gasteiger charge is -2.38. The van der Waals surface area contributed by atoms with Gasteiger partial charge in [-0.25, -0.2) is 4.98 Å². The van der Waals surface area contributed by atoms with Crippen LogP contribution >= 0.6 is 11.6 Å². The minimum atomic E-state index is -0.944. The Morgan fingerprint density at radius 1 is 0.973 bits per heavy atom. The first-order chi connectivity index (χ1) is 17.9. The number of aromatic nitrogens is 2. The average Bonchev–Trinajstić information content (AvgIpc) is 3.36. The van der Waals surface area contributed by atoms with Crippen molar-refractivity contribution in [3.05, 3.63) is 107 Å². The van der Waals surface area contributed by atoms with E-state index in [1.807, 2.05) is 42.5 Å². The summed E-state index contributed by atoms with van der Waals surface area (Å²) < 4.78 is 1.70. The van der Waals surface area contributed by atoms with E-state index in [9.17, 15) is 14.7 Å². The highest BCUT2D eigenvalue weighted by molar-refractivity contribution is 6.30. The lowest BCUT2D eigenvalue weighted by Crippen LogP contribution is -2.42. The number of carboxylic acid groups (broad SMARTS) is 1. The molecule has 1 amide bonds. The predicted octanol–water partition coefficient (Wildman–Crippen LogP) is 6.03. The summed E-state index contributed by atoms with van der Waals surface area (Å²) in [6.07, 6.45) is 7.47. The van der Waals surface area contributed by atoms with Crippen LogP contribution in [-0.4, -0.2) is 32.9 Å². The normalized spacial score (nSPS) is 15.8. The lowest BCUT2D eigenvalue weighted by atomic mass is 9.69. The number of rotatable bonds is 8. The molecule has 1 atom stereocenters. The van der Waals surface area contributed by atoms with Crippen LogP contribution in [0.1, 0.15) is 65.3 Å². The highest BCUT2D eigenvalue weighted by atomic mass is 35.5. The number of pyridine rings is 1. The van der Waals surface area contributed by atoms with Gasteiger partial charge in [-0.3, -0.25) is 14.0 Å². The average molecular weight is 516 g/mol. The Kier molecular flexibility index (Phi) is 7.28. The minimum Gasteiger partial charge on any atom is -0.481 e. The van der Waals surface area contributed by atoms with Crippen LogP contribution in [0.5, 0.6) is 0 Å². The molecule has 2 heterocycles. The maximum Gasteiger partial charge on any atom is 0.312 e. The van der Waals surface area contributed by atoms with Gasteiger partial charge in [-0.1, -0.05) is 79.4 Å². The van der Waals surface area contributed by atoms with Crippen LogP contribution in [0, 0.1) is 0 Å². The summed E-state index contributed by atoms with van der Waals surface area (Å²) in [6, 6.07) is 22.8. The number of hydrogen-bond acceptors (Lipinski definition) is 3. The van der Waals surface area contributed by atoms with Gasteiger partial charge in [-0.05, 0) is 54.7 Å². The number of amides is 1. The van der Waals surface area contributed by atoms with E-state index in [1.54, 1.807) is 28.8 Å². The summed E-state index contributed by atoms with van der Waals surface area (Å²) in [5.74, 6) is -1.96. The molecule has 6 nitrogen and oxygen atoms in total. The molecule has 2 N–H and O–H groups in total. The van der Waals surface area contributed by atoms with E-state index in [0.29, 0.717) is 35.0 Å². The van der Waals surface area contributed by atoms with Gasteiger partial charge in [0.25, 0.3) is 5.91 Å². The molecule has 5 rings (SSSR count). The van der Waals surface area contributed by atoms with Crippen LogP contribution in [0.3, 0.4) is 0 Å². The fourth-order valence-electron chi connectivity index (χ4n) is 5.49. The van der Waals surface area contributed by atoms with Crippen LogP contribution < -0.4 is 5.32 Å². The number of aliphatic carboxylic acids is 1. The fourth-order valence-corrected chi connectivity index (χ4v) is 5.62. The molecule has 2 aromatic heterocycles. The zero-order valence-corrected chi connectivity index (χ0v) is 21.3. The molecular formula is C30H30ClN3O3. The summed E-state index contributed by atoms with van der Waals surface area (Å²) in [6.45, 7) is 0.525. The third kappa shape index (κ3) is 5.39. The molecule has 0 saturated heterocycles. The van der Waals surface area contributed by atoms with Crippen molar-refractivity contribution < 1.29 is 14.7 Å². The SMILES string of the molecule is O=C(NCC1(c2ccc(Cl)cc2)CCCCC1)c1cccc2nc(C(Cc3ccccc3)C(=O)O)cn12. The van der Waals surface area contributed by atoms with Gasteiger partial charge in [0, 0.05) is 23.2 Å². The first-order valence-corrected chi connectivity index (χ1v) is 13.1. The van der Waals surface area contributed by atoms with Crippen molar-refractivity contribution in [1.82, 2.24) is 14.7 Å². The van der Waals surface area contributed by atoms with E-state index in [4.69, 9.17) is 11.6 Å². The van der Waals surface area contributed by atoms with Gasteiger partial charge in [0.2, 0.25) is 0 Å². The van der Waals surface area contributed by atoms with Crippen molar-refractivity contribution in [2.45, 2.75) is 49.9 Å². The summed E-state index contributed by atoms with van der Waals surface area (Å²) in [7, 11) is 0. The number of nitrogens with zero attached hydrogens (tertiary/aromatic N) is 2. The van der Waals surface area contributed by atoms with Crippen LogP contribution in [0.4, 0.5) is 0 Å². The topological polar surface area (TPSA) is 83.7 Å². The molecule has 0 aliphatic heterocycles. The molecule has 0 spiro atoms. The molecule has 7 heteroatoms. The molecule has 0 bridgehead atoms. The Labute approximate surface area is 221 Å². The van der Waals surface area contributed by atoms with Crippen molar-refractivity contribution >= 4 is 29.1 Å². The van der Waals surface area contributed by atoms with Gasteiger partial charge in [0.05, 0.1) is 5.69 Å². The van der Waals surface area contributed by atoms with Crippen LogP contribution in [0.15, 0.2) is 79.0 Å². The number of hydrogen-bond donors (Lipinski definition) is 2. The van der Waals surface area contributed by atoms with Crippen molar-refractivity contribution in [2.24, 2.45) is 0 Å². The van der Waals surface area contributed by atoms with E-state index in [1.165, 1.54) is 12.0 Å². The molecule has 1 aliphatic rings. The van der Waals surface area contributed by atoms with Crippen LogP contribution in [0.2, 0.25) is 5.02 Å². The van der Waals surface area contributed by atoms with Gasteiger partial charge >= 0.3 is 5.97 Å². The Morgan fingerprint density at radius 2 is 1.70 bits per heavy atom. The first-order valence-electron chi connectivity index (χ1n) is 12.7. The number of fused-ring (bicyclic) bond motifs is 1. The Balaban J connectivity index is 1.40. The van der Waals surface area contributed by atoms with Gasteiger partial charge in [-0.15, -0.1) is 0 Å². The largest absolute Gasteiger partial charge is 0.481 e. The molecule has 37 heavy (non-hydrogen) atoms. The first kappa shape index (κ1) is 25.0. The Morgan fingerprint density at radius 3 is 2.41 bits per heavy atom. The molecule has 1 unspecified atom stereocenters. The number of nitrogens with one attached hydrogen (secondary N) is 1. The lowest BCUT2D eigenvalue weighted by molar-refractivity contribution is -0.138. The maximum absolute atomic E-state index is 13.4. The quantitative estimate of drug-likeness (QED) is 0.300. The van der Waals surface area contributed by atoms with Gasteiger partial charge < -0.3 is 10.4 Å². The molecule has 1 fully saturated rings. The summed E-state index contributed by atoms with van der Waals surface area (Å²) in [5, 5.41) is 13.8. The van der Waals surface area contributed by atoms with E-state index in [0.717, 1.165) is 31.2 Å². The minimum absolute atomic E-state index is 0.128. The maximum atomic E-state index is 13.4. The standard InChI is InChI=1S/C30H30ClN3O3/c31-23-14-12-22(13-15-23)30(16-5-2-6-17-30)20-32-28(35)26-10-7-11-27-33-25(19-34(26)27)24(29(36)37)18-21-8-3-1-4-9-21/h1,3-4,7-15,19,24H,2,5-6,16-18,20H2,(H,32,35)(H,36,37). The molecule has 1 aliphatic carbocycles. The van der Waals surface area contributed by atoms with Gasteiger partial charge in [-0.2, -0.15) is 0 Å². The second kappa shape index (κ2) is 10.8. The van der Waals surface area contributed by atoms with E-state index < -0.39 is 11.9 Å². The monoisotopic (exact) mass is 515 g/mol. The number of benzene rings is 2. The molecule has 2 aromatic carbocycles. The molecular weight excluding hydrogens is 486 g/mol. The zero-order chi connectivity index (χ0) is 25.8. The molecule has 0 radical (unpaired) electrons. The van der Waals surface area contributed by atoms with Gasteiger partial charge in [0.15, 0.2) is 0 Å². The number of carbonyl (C=O) groups is 2. The third-order valence-corrected chi connectivity index (χ3v) is 7.79. The zero-order valence-electron chi connectivity index (χ0n) is 20.6. The molecule has 190 valence electrons. The smallest absolute Gasteiger partial charge is 0.312 e. The number of carbonyl (C=O) groups excluding carboxylic acids is 1. The number of imidazole rings is 1. The summed E-state index contributed by atoms with van der Waals surface area (Å²) in [4.78, 5) is 30.2. The Bertz CT molecular complexity index is 1390. The van der Waals surface area contributed by atoms with Crippen LogP contribution in [-0.2, 0) is 16.6 Å². The Hall–Kier alpha value is -3.64. The summed E-state index contributed by atoms with van der Waals surface area (Å²) >= 11 is 6.13. The summed E-state index contributed by atoms with van der Waals surface area (Å²) in [5.41, 5.74) is 3.40. The number of carboxylic acids is 1. The van der Waals surface area contributed by atoms with Crippen molar-refractivity contribution in [3.8, 4) is 0 Å². The fraction of sp³-hybridized carbons (Fsp3) is 0.300. The van der Waals surface area contributed by atoms with E-state index >= 15 is 0 Å². The van der Waals surface area contributed by atoms with Crippen molar-refractivity contribution in [3.63, 3.8) is 0 Å². The van der Waals surface area contributed by atoms with Crippen molar-refractivity contribution in [1.29, 1.82) is 0 Å². The molecule has 1 saturated carbocycles. The van der Waals surface area contributed by atoms with Crippen LogP contribution in [0.25, 0.3) is 5.65 Å². The van der Waals surface area contributed by atoms with Gasteiger partial charge in [0.1, 0.15) is 17.3 Å². The highest BCUT2D eigenvalue weighted by Crippen LogP contribution is 2.39. The predicted molar refractivity (Wildman–Crippen MR) is 144 cm³/mol. The van der Waals surface area contributed by atoms with E-state index in [2.05, 4.69) is 22.4 Å². The van der Waals surface area contributed by atoms with Crippen molar-refractivity contribution in [2.75, 3.05) is 6.54 Å². The second-order valence-electron chi connectivity index (χ2n) is 9.92. The highest BCUT2D eigenvalue weighted by Gasteiger charge is 2.34. The number of halogens is 1. The second-order valence-corrected chi connectivity index (χ2v) is 10.4. The van der Waals surface area contributed by atoms with E-state index in [-0.39, 0.29) is 11.3 Å². The molecule has 4 aromatic rings. The third-order valence-electron chi connectivity index (χ3n) is 7.54.